The molecule has 0 spiro atoms. The van der Waals surface area contributed by atoms with Crippen LogP contribution in [0.3, 0.4) is 0 Å². The van der Waals surface area contributed by atoms with Crippen LogP contribution >= 0.6 is 12.4 Å². The van der Waals surface area contributed by atoms with Gasteiger partial charge in [-0.25, -0.2) is 4.68 Å². The largest absolute Gasteiger partial charge is 0.314 e. The molecule has 0 amide bonds. The molecular weight excluding hydrogens is 312 g/mol. The standard InChI is InChI=1S/C16H24N6.ClH/c1-16(2,3)22-12-14(19-20-22)11-21-9-8-18-10-15(21)13-4-6-17-7-5-13;/h4-7,12,15,18H,8-11H2,1-3H3;1H. The Bertz CT molecular complexity index is 607. The molecule has 1 fully saturated rings. The molecule has 7 heteroatoms. The molecule has 2 aromatic heterocycles. The molecule has 0 bridgehead atoms. The first-order valence-corrected chi connectivity index (χ1v) is 7.80. The minimum atomic E-state index is -0.0286. The molecule has 2 aromatic rings. The third kappa shape index (κ3) is 4.28. The number of piperazine rings is 1. The summed E-state index contributed by atoms with van der Waals surface area (Å²) in [5.41, 5.74) is 2.29. The summed E-state index contributed by atoms with van der Waals surface area (Å²) in [4.78, 5) is 6.58. The molecule has 23 heavy (non-hydrogen) atoms. The first-order valence-electron chi connectivity index (χ1n) is 7.80. The lowest BCUT2D eigenvalue weighted by molar-refractivity contribution is 0.152. The van der Waals surface area contributed by atoms with Gasteiger partial charge in [0.1, 0.15) is 0 Å². The second-order valence-electron chi connectivity index (χ2n) is 6.80. The van der Waals surface area contributed by atoms with Gasteiger partial charge in [0, 0.05) is 44.6 Å². The van der Waals surface area contributed by atoms with Crippen molar-refractivity contribution in [2.24, 2.45) is 0 Å². The van der Waals surface area contributed by atoms with Crippen LogP contribution in [0.2, 0.25) is 0 Å². The first kappa shape index (κ1) is 17.8. The molecule has 1 unspecified atom stereocenters. The third-order valence-corrected chi connectivity index (χ3v) is 4.04. The fourth-order valence-corrected chi connectivity index (χ4v) is 2.76. The number of hydrogen-bond donors (Lipinski definition) is 1. The van der Waals surface area contributed by atoms with E-state index in [0.717, 1.165) is 31.9 Å². The van der Waals surface area contributed by atoms with Crippen LogP contribution in [0.5, 0.6) is 0 Å². The molecular formula is C16H25ClN6. The van der Waals surface area contributed by atoms with E-state index in [1.165, 1.54) is 5.56 Å². The Kier molecular flexibility index (Phi) is 5.73. The van der Waals surface area contributed by atoms with Crippen molar-refractivity contribution in [3.63, 3.8) is 0 Å². The summed E-state index contributed by atoms with van der Waals surface area (Å²) in [6.45, 7) is 10.2. The Labute approximate surface area is 143 Å². The smallest absolute Gasteiger partial charge is 0.0967 e. The maximum absolute atomic E-state index is 4.34. The van der Waals surface area contributed by atoms with Crippen molar-refractivity contribution >= 4 is 12.4 Å². The minimum Gasteiger partial charge on any atom is -0.314 e. The number of rotatable bonds is 3. The summed E-state index contributed by atoms with van der Waals surface area (Å²) in [7, 11) is 0. The van der Waals surface area contributed by atoms with Gasteiger partial charge >= 0.3 is 0 Å². The van der Waals surface area contributed by atoms with Gasteiger partial charge < -0.3 is 5.32 Å². The molecule has 6 nitrogen and oxygen atoms in total. The lowest BCUT2D eigenvalue weighted by Crippen LogP contribution is -2.45. The molecule has 3 heterocycles. The molecule has 3 rings (SSSR count). The molecule has 1 saturated heterocycles. The Morgan fingerprint density at radius 2 is 2.00 bits per heavy atom. The summed E-state index contributed by atoms with van der Waals surface area (Å²) in [5, 5.41) is 12.1. The van der Waals surface area contributed by atoms with Gasteiger partial charge in [-0.15, -0.1) is 17.5 Å². The van der Waals surface area contributed by atoms with Crippen molar-refractivity contribution in [2.75, 3.05) is 19.6 Å². The van der Waals surface area contributed by atoms with Crippen molar-refractivity contribution in [3.8, 4) is 0 Å². The topological polar surface area (TPSA) is 58.9 Å². The lowest BCUT2D eigenvalue weighted by Gasteiger charge is -2.35. The van der Waals surface area contributed by atoms with E-state index < -0.39 is 0 Å². The fraction of sp³-hybridized carbons (Fsp3) is 0.562. The van der Waals surface area contributed by atoms with Crippen molar-refractivity contribution < 1.29 is 0 Å². The summed E-state index contributed by atoms with van der Waals surface area (Å²) >= 11 is 0. The van der Waals surface area contributed by atoms with Gasteiger partial charge in [-0.1, -0.05) is 5.21 Å². The summed E-state index contributed by atoms with van der Waals surface area (Å²) < 4.78 is 1.94. The lowest BCUT2D eigenvalue weighted by atomic mass is 10.0. The first-order chi connectivity index (χ1) is 10.5. The van der Waals surface area contributed by atoms with Gasteiger partial charge in [-0.3, -0.25) is 9.88 Å². The maximum Gasteiger partial charge on any atom is 0.0967 e. The Balaban J connectivity index is 0.00000192. The van der Waals surface area contributed by atoms with E-state index in [1.807, 2.05) is 17.1 Å². The Morgan fingerprint density at radius 1 is 1.26 bits per heavy atom. The van der Waals surface area contributed by atoms with Crippen molar-refractivity contribution in [1.82, 2.24) is 30.2 Å². The number of aromatic nitrogens is 4. The number of pyridine rings is 1. The van der Waals surface area contributed by atoms with Crippen molar-refractivity contribution in [3.05, 3.63) is 42.0 Å². The molecule has 0 saturated carbocycles. The van der Waals surface area contributed by atoms with Crippen molar-refractivity contribution in [1.29, 1.82) is 0 Å². The molecule has 126 valence electrons. The second-order valence-corrected chi connectivity index (χ2v) is 6.80. The molecule has 1 N–H and O–H groups in total. The highest BCUT2D eigenvalue weighted by Gasteiger charge is 2.25. The van der Waals surface area contributed by atoms with Crippen LogP contribution in [0.4, 0.5) is 0 Å². The highest BCUT2D eigenvalue weighted by atomic mass is 35.5. The molecule has 1 atom stereocenters. The van der Waals surface area contributed by atoms with Gasteiger partial charge in [0.15, 0.2) is 0 Å². The summed E-state index contributed by atoms with van der Waals surface area (Å²) in [6.07, 6.45) is 5.78. The van der Waals surface area contributed by atoms with Crippen LogP contribution in [-0.4, -0.2) is 44.5 Å². The minimum absolute atomic E-state index is 0. The number of hydrogen-bond acceptors (Lipinski definition) is 5. The predicted molar refractivity (Wildman–Crippen MR) is 92.5 cm³/mol. The van der Waals surface area contributed by atoms with Gasteiger partial charge in [0.25, 0.3) is 0 Å². The zero-order chi connectivity index (χ0) is 15.6. The quantitative estimate of drug-likeness (QED) is 0.929. The van der Waals surface area contributed by atoms with Crippen LogP contribution in [0.1, 0.15) is 38.1 Å². The highest BCUT2D eigenvalue weighted by molar-refractivity contribution is 5.85. The van der Waals surface area contributed by atoms with Crippen molar-refractivity contribution in [2.45, 2.75) is 38.9 Å². The van der Waals surface area contributed by atoms with E-state index in [9.17, 15) is 0 Å². The van der Waals surface area contributed by atoms with Crippen LogP contribution in [0.25, 0.3) is 0 Å². The molecule has 1 aliphatic heterocycles. The van der Waals surface area contributed by atoms with Crippen LogP contribution < -0.4 is 5.32 Å². The van der Waals surface area contributed by atoms with E-state index in [4.69, 9.17) is 0 Å². The summed E-state index contributed by atoms with van der Waals surface area (Å²) in [5.74, 6) is 0. The van der Waals surface area contributed by atoms with Crippen LogP contribution in [0, 0.1) is 0 Å². The molecule has 0 aliphatic carbocycles. The average Bonchev–Trinajstić information content (AvgIpc) is 2.97. The third-order valence-electron chi connectivity index (χ3n) is 4.04. The van der Waals surface area contributed by atoms with E-state index in [0.29, 0.717) is 6.04 Å². The van der Waals surface area contributed by atoms with E-state index in [1.54, 1.807) is 0 Å². The normalized spacial score (nSPS) is 19.3. The molecule has 1 aliphatic rings. The van der Waals surface area contributed by atoms with Gasteiger partial charge in [-0.05, 0) is 38.5 Å². The zero-order valence-electron chi connectivity index (χ0n) is 13.9. The predicted octanol–water partition coefficient (Wildman–Crippen LogP) is 2.00. The monoisotopic (exact) mass is 336 g/mol. The fourth-order valence-electron chi connectivity index (χ4n) is 2.76. The highest BCUT2D eigenvalue weighted by Crippen LogP contribution is 2.23. The average molecular weight is 337 g/mol. The zero-order valence-corrected chi connectivity index (χ0v) is 14.8. The van der Waals surface area contributed by atoms with E-state index in [-0.39, 0.29) is 17.9 Å². The maximum atomic E-state index is 4.34. The molecule has 0 radical (unpaired) electrons. The second kappa shape index (κ2) is 7.38. The Hall–Kier alpha value is -1.50. The molecule has 0 aromatic carbocycles. The van der Waals surface area contributed by atoms with Crippen LogP contribution in [-0.2, 0) is 12.1 Å². The number of halogens is 1. The van der Waals surface area contributed by atoms with Crippen LogP contribution in [0.15, 0.2) is 30.7 Å². The van der Waals surface area contributed by atoms with Gasteiger partial charge in [0.05, 0.1) is 17.4 Å². The Morgan fingerprint density at radius 3 is 2.65 bits per heavy atom. The number of nitrogens with zero attached hydrogens (tertiary/aromatic N) is 5. The number of nitrogens with one attached hydrogen (secondary N) is 1. The van der Waals surface area contributed by atoms with Gasteiger partial charge in [-0.2, -0.15) is 0 Å². The SMILES string of the molecule is CC(C)(C)n1cc(CN2CCNCC2c2ccncc2)nn1.Cl. The van der Waals surface area contributed by atoms with Gasteiger partial charge in [0.2, 0.25) is 0 Å². The van der Waals surface area contributed by atoms with E-state index >= 15 is 0 Å². The summed E-state index contributed by atoms with van der Waals surface area (Å²) in [6, 6.07) is 4.55. The van der Waals surface area contributed by atoms with E-state index in [2.05, 4.69) is 64.6 Å².